The van der Waals surface area contributed by atoms with Gasteiger partial charge in [0, 0.05) is 0 Å². The zero-order chi connectivity index (χ0) is 30.0. The van der Waals surface area contributed by atoms with Crippen LogP contribution in [-0.2, 0) is 21.8 Å². The highest BCUT2D eigenvalue weighted by Crippen LogP contribution is 2.56. The van der Waals surface area contributed by atoms with Crippen LogP contribution >= 0.6 is 7.92 Å². The maximum absolute atomic E-state index is 13.9. The summed E-state index contributed by atoms with van der Waals surface area (Å²) in [5.41, 5.74) is 7.04. The van der Waals surface area contributed by atoms with E-state index in [1.54, 1.807) is 5.30 Å². The number of nitrogens with one attached hydrogen (secondary N) is 1. The van der Waals surface area contributed by atoms with Crippen LogP contribution in [0, 0.1) is 0 Å². The van der Waals surface area contributed by atoms with Gasteiger partial charge < -0.3 is 0 Å². The van der Waals surface area contributed by atoms with Gasteiger partial charge in [-0.15, -0.1) is 0 Å². The molecule has 41 heavy (non-hydrogen) atoms. The van der Waals surface area contributed by atoms with Gasteiger partial charge in [-0.05, 0) is 96.2 Å². The van der Waals surface area contributed by atoms with Crippen LogP contribution in [0.2, 0.25) is 0 Å². The lowest BCUT2D eigenvalue weighted by Gasteiger charge is -2.40. The predicted molar refractivity (Wildman–Crippen MR) is 183 cm³/mol. The number of hydrogen-bond acceptors (Lipinski definition) is 1. The standard InChI is InChI=1S/C37H58NOPS/c1-35(2,3)28-24-27(25-29(26-28)36(4,5)6)34(38-41(39)37(7,8)9)32-22-16-17-23-33(32)40(30-18-12-10-13-19-30)31-20-14-11-15-21-31/h16-17,22-26,30-31,34,38H,10-15,18-21H2,1-9H3/t34-,41?/m0/s1. The van der Waals surface area contributed by atoms with Gasteiger partial charge in [0.2, 0.25) is 0 Å². The molecule has 1 N–H and O–H groups in total. The highest BCUT2D eigenvalue weighted by Gasteiger charge is 2.36. The lowest BCUT2D eigenvalue weighted by atomic mass is 9.78. The molecular formula is C37H58NOPS. The molecule has 2 aromatic carbocycles. The lowest BCUT2D eigenvalue weighted by molar-refractivity contribution is 0.487. The molecule has 0 bridgehead atoms. The first-order valence-corrected chi connectivity index (χ1v) is 19.0. The molecule has 0 aliphatic heterocycles. The van der Waals surface area contributed by atoms with E-state index in [9.17, 15) is 4.21 Å². The molecule has 4 heteroatoms. The summed E-state index contributed by atoms with van der Waals surface area (Å²) in [5, 5.41) is 1.59. The first-order chi connectivity index (χ1) is 19.2. The summed E-state index contributed by atoms with van der Waals surface area (Å²) >= 11 is 0. The molecular weight excluding hydrogens is 537 g/mol. The molecule has 0 spiro atoms. The van der Waals surface area contributed by atoms with E-state index in [1.807, 2.05) is 0 Å². The zero-order valence-electron chi connectivity index (χ0n) is 27.6. The molecule has 1 unspecified atom stereocenters. The summed E-state index contributed by atoms with van der Waals surface area (Å²) in [6, 6.07) is 16.5. The van der Waals surface area contributed by atoms with Crippen molar-refractivity contribution >= 4 is 24.2 Å². The molecule has 228 valence electrons. The van der Waals surface area contributed by atoms with Gasteiger partial charge in [-0.1, -0.05) is 130 Å². The van der Waals surface area contributed by atoms with E-state index in [-0.39, 0.29) is 29.5 Å². The maximum Gasteiger partial charge on any atom is 0.0979 e. The van der Waals surface area contributed by atoms with E-state index >= 15 is 0 Å². The third-order valence-corrected chi connectivity index (χ3v) is 14.4. The van der Waals surface area contributed by atoms with Crippen molar-refractivity contribution in [3.63, 3.8) is 0 Å². The molecule has 0 saturated heterocycles. The second-order valence-corrected chi connectivity index (χ2v) is 20.6. The van der Waals surface area contributed by atoms with Crippen molar-refractivity contribution in [2.24, 2.45) is 0 Å². The van der Waals surface area contributed by atoms with E-state index < -0.39 is 11.0 Å². The van der Waals surface area contributed by atoms with Crippen molar-refractivity contribution < 1.29 is 4.21 Å². The Morgan fingerprint density at radius 1 is 0.707 bits per heavy atom. The molecule has 2 aliphatic rings. The monoisotopic (exact) mass is 595 g/mol. The largest absolute Gasteiger partial charge is 0.242 e. The minimum atomic E-state index is -1.20. The summed E-state index contributed by atoms with van der Waals surface area (Å²) < 4.78 is 17.3. The second-order valence-electron chi connectivity index (χ2n) is 15.8. The SMILES string of the molecule is CC(C)(C)c1cc([C@H](NS(=O)C(C)(C)C)c2ccccc2P(C2CCCCC2)C2CCCCC2)cc(C(C)(C)C)c1. The third kappa shape index (κ3) is 8.33. The molecule has 0 amide bonds. The fraction of sp³-hybridized carbons (Fsp3) is 0.676. The van der Waals surface area contributed by atoms with Gasteiger partial charge in [-0.2, -0.15) is 0 Å². The number of hydrogen-bond donors (Lipinski definition) is 1. The Labute approximate surface area is 256 Å². The summed E-state index contributed by atoms with van der Waals surface area (Å²) in [4.78, 5) is 0. The molecule has 2 aromatic rings. The van der Waals surface area contributed by atoms with Crippen molar-refractivity contribution in [3.8, 4) is 0 Å². The first kappa shape index (κ1) is 32.9. The molecule has 2 nitrogen and oxygen atoms in total. The number of benzene rings is 2. The Kier molecular flexibility index (Phi) is 10.7. The molecule has 2 aliphatic carbocycles. The number of rotatable bonds is 7. The molecule has 4 rings (SSSR count). The second kappa shape index (κ2) is 13.3. The first-order valence-electron chi connectivity index (χ1n) is 16.4. The summed E-state index contributed by atoms with van der Waals surface area (Å²) in [5.74, 6) is 0. The van der Waals surface area contributed by atoms with Crippen molar-refractivity contribution in [2.45, 2.75) is 159 Å². The molecule has 0 heterocycles. The van der Waals surface area contributed by atoms with E-state index in [1.165, 1.54) is 86.5 Å². The predicted octanol–water partition coefficient (Wildman–Crippen LogP) is 10.2. The van der Waals surface area contributed by atoms with E-state index in [4.69, 9.17) is 0 Å². The van der Waals surface area contributed by atoms with Gasteiger partial charge in [-0.25, -0.2) is 8.93 Å². The Hall–Kier alpha value is -1.02. The minimum Gasteiger partial charge on any atom is -0.242 e. The van der Waals surface area contributed by atoms with Crippen LogP contribution < -0.4 is 10.0 Å². The van der Waals surface area contributed by atoms with Gasteiger partial charge in [-0.3, -0.25) is 0 Å². The molecule has 2 atom stereocenters. The lowest BCUT2D eigenvalue weighted by Crippen LogP contribution is -2.38. The summed E-state index contributed by atoms with van der Waals surface area (Å²) in [6.45, 7) is 20.1. The fourth-order valence-corrected chi connectivity index (χ4v) is 11.5. The molecule has 2 fully saturated rings. The van der Waals surface area contributed by atoms with E-state index in [0.29, 0.717) is 0 Å². The average Bonchev–Trinajstić information content (AvgIpc) is 2.91. The van der Waals surface area contributed by atoms with Crippen LogP contribution in [0.1, 0.15) is 155 Å². The normalized spacial score (nSPS) is 19.9. The van der Waals surface area contributed by atoms with Crippen LogP contribution in [0.15, 0.2) is 42.5 Å². The van der Waals surface area contributed by atoms with Crippen molar-refractivity contribution in [2.75, 3.05) is 0 Å². The molecule has 0 aromatic heterocycles. The third-order valence-electron chi connectivity index (χ3n) is 9.26. The van der Waals surface area contributed by atoms with Crippen LogP contribution in [-0.4, -0.2) is 20.3 Å². The Balaban J connectivity index is 1.92. The van der Waals surface area contributed by atoms with Gasteiger partial charge >= 0.3 is 0 Å². The van der Waals surface area contributed by atoms with Crippen molar-refractivity contribution in [1.29, 1.82) is 0 Å². The average molecular weight is 596 g/mol. The van der Waals surface area contributed by atoms with Gasteiger partial charge in [0.1, 0.15) is 0 Å². The van der Waals surface area contributed by atoms with E-state index in [0.717, 1.165) is 11.3 Å². The summed E-state index contributed by atoms with van der Waals surface area (Å²) in [6.07, 6.45) is 13.9. The topological polar surface area (TPSA) is 29.1 Å². The van der Waals surface area contributed by atoms with Crippen LogP contribution in [0.5, 0.6) is 0 Å². The fourth-order valence-electron chi connectivity index (χ4n) is 6.66. The highest BCUT2D eigenvalue weighted by atomic mass is 32.2. The minimum absolute atomic E-state index is 0.0278. The van der Waals surface area contributed by atoms with Crippen LogP contribution in [0.4, 0.5) is 0 Å². The van der Waals surface area contributed by atoms with Crippen LogP contribution in [0.3, 0.4) is 0 Å². The quantitative estimate of drug-likeness (QED) is 0.317. The van der Waals surface area contributed by atoms with E-state index in [2.05, 4.69) is 110 Å². The van der Waals surface area contributed by atoms with Gasteiger partial charge in [0.15, 0.2) is 0 Å². The Morgan fingerprint density at radius 2 is 1.17 bits per heavy atom. The molecule has 0 radical (unpaired) electrons. The van der Waals surface area contributed by atoms with Gasteiger partial charge in [0.25, 0.3) is 0 Å². The van der Waals surface area contributed by atoms with Crippen molar-refractivity contribution in [1.82, 2.24) is 4.72 Å². The Morgan fingerprint density at radius 3 is 1.61 bits per heavy atom. The molecule has 2 saturated carbocycles. The van der Waals surface area contributed by atoms with Crippen molar-refractivity contribution in [3.05, 3.63) is 64.7 Å². The maximum atomic E-state index is 13.9. The smallest absolute Gasteiger partial charge is 0.0979 e. The van der Waals surface area contributed by atoms with Crippen LogP contribution in [0.25, 0.3) is 0 Å². The summed E-state index contributed by atoms with van der Waals surface area (Å²) in [7, 11) is -1.49. The van der Waals surface area contributed by atoms with Gasteiger partial charge in [0.05, 0.1) is 21.8 Å². The highest BCUT2D eigenvalue weighted by molar-refractivity contribution is 7.84. The Bertz CT molecular complexity index is 1120. The zero-order valence-corrected chi connectivity index (χ0v) is 29.3.